The normalized spacial score (nSPS) is 12.1. The molecule has 228 valence electrons. The summed E-state index contributed by atoms with van der Waals surface area (Å²) in [6, 6.07) is 18.3. The largest absolute Gasteiger partial charge is 0.481 e. The number of carboxylic acid groups (broad SMARTS) is 2. The van der Waals surface area contributed by atoms with E-state index >= 15 is 0 Å². The molecule has 0 saturated carbocycles. The SMILES string of the molecule is Cc1cc(NC(=O)[C@H](Cc2ccccc2)NC(=O)OCc2ccccc2)cc2nc(NC(CCC(=O)O)C(=O)O)oc(=O)c12. The number of aromatic nitrogens is 1. The number of carboxylic acids is 2. The summed E-state index contributed by atoms with van der Waals surface area (Å²) in [6.07, 6.45) is -1.35. The van der Waals surface area contributed by atoms with Crippen LogP contribution in [0.5, 0.6) is 0 Å². The van der Waals surface area contributed by atoms with Crippen molar-refractivity contribution in [2.75, 3.05) is 10.6 Å². The van der Waals surface area contributed by atoms with E-state index in [1.54, 1.807) is 19.1 Å². The molecule has 3 aromatic carbocycles. The summed E-state index contributed by atoms with van der Waals surface area (Å²) < 4.78 is 10.5. The molecule has 1 heterocycles. The van der Waals surface area contributed by atoms with Crippen molar-refractivity contribution in [3.8, 4) is 0 Å². The lowest BCUT2D eigenvalue weighted by molar-refractivity contribution is -0.139. The number of alkyl carbamates (subject to hydrolysis) is 1. The number of nitrogens with one attached hydrogen (secondary N) is 3. The van der Waals surface area contributed by atoms with Gasteiger partial charge in [-0.2, -0.15) is 4.98 Å². The zero-order valence-electron chi connectivity index (χ0n) is 23.6. The molecule has 2 amide bonds. The van der Waals surface area contributed by atoms with Gasteiger partial charge in [0.2, 0.25) is 5.91 Å². The second-order valence-corrected chi connectivity index (χ2v) is 9.90. The molecule has 0 saturated heterocycles. The van der Waals surface area contributed by atoms with Gasteiger partial charge < -0.3 is 35.3 Å². The number of fused-ring (bicyclic) bond motifs is 1. The quantitative estimate of drug-likeness (QED) is 0.150. The minimum Gasteiger partial charge on any atom is -0.481 e. The van der Waals surface area contributed by atoms with E-state index in [1.807, 2.05) is 48.5 Å². The Morgan fingerprint density at radius 1 is 0.932 bits per heavy atom. The lowest BCUT2D eigenvalue weighted by Gasteiger charge is -2.19. The van der Waals surface area contributed by atoms with Gasteiger partial charge in [0.05, 0.1) is 10.9 Å². The van der Waals surface area contributed by atoms with Crippen molar-refractivity contribution in [1.82, 2.24) is 10.3 Å². The van der Waals surface area contributed by atoms with Gasteiger partial charge in [-0.3, -0.25) is 9.59 Å². The van der Waals surface area contributed by atoms with Gasteiger partial charge in [-0.15, -0.1) is 0 Å². The molecule has 13 heteroatoms. The Balaban J connectivity index is 1.55. The van der Waals surface area contributed by atoms with Gasteiger partial charge in [0, 0.05) is 18.5 Å². The Bertz CT molecular complexity index is 1710. The molecule has 0 aliphatic rings. The first-order valence-corrected chi connectivity index (χ1v) is 13.6. The fourth-order valence-electron chi connectivity index (χ4n) is 4.40. The number of nitrogens with zero attached hydrogens (tertiary/aromatic N) is 1. The molecule has 0 aliphatic heterocycles. The predicted octanol–water partition coefficient (Wildman–Crippen LogP) is 3.70. The van der Waals surface area contributed by atoms with Crippen molar-refractivity contribution in [1.29, 1.82) is 0 Å². The number of benzene rings is 3. The van der Waals surface area contributed by atoms with Crippen molar-refractivity contribution >= 4 is 46.5 Å². The maximum atomic E-state index is 13.4. The Labute approximate surface area is 250 Å². The molecule has 0 fully saturated rings. The molecule has 4 rings (SSSR count). The van der Waals surface area contributed by atoms with E-state index in [0.717, 1.165) is 11.1 Å². The number of ether oxygens (including phenoxy) is 1. The molecule has 2 atom stereocenters. The van der Waals surface area contributed by atoms with Crippen LogP contribution in [0.15, 0.2) is 82.0 Å². The van der Waals surface area contributed by atoms with Crippen LogP contribution in [0.2, 0.25) is 0 Å². The third-order valence-corrected chi connectivity index (χ3v) is 6.54. The number of anilines is 2. The molecule has 0 spiro atoms. The molecule has 0 bridgehead atoms. The molecular weight excluding hydrogens is 572 g/mol. The van der Waals surface area contributed by atoms with Crippen LogP contribution >= 0.6 is 0 Å². The number of carbonyl (C=O) groups excluding carboxylic acids is 2. The third-order valence-electron chi connectivity index (χ3n) is 6.54. The van der Waals surface area contributed by atoms with Crippen molar-refractivity contribution in [3.63, 3.8) is 0 Å². The minimum atomic E-state index is -1.38. The van der Waals surface area contributed by atoms with Crippen LogP contribution in [0.25, 0.3) is 10.9 Å². The molecular formula is C31H30N4O9. The molecule has 1 aromatic heterocycles. The van der Waals surface area contributed by atoms with Crippen LogP contribution in [-0.4, -0.2) is 51.2 Å². The summed E-state index contributed by atoms with van der Waals surface area (Å²) in [5.74, 6) is -3.11. The third kappa shape index (κ3) is 8.64. The van der Waals surface area contributed by atoms with E-state index in [4.69, 9.17) is 14.3 Å². The first-order chi connectivity index (χ1) is 21.1. The van der Waals surface area contributed by atoms with Gasteiger partial charge in [-0.25, -0.2) is 14.4 Å². The fraction of sp³-hybridized carbons (Fsp3) is 0.226. The summed E-state index contributed by atoms with van der Waals surface area (Å²) in [5, 5.41) is 26.3. The van der Waals surface area contributed by atoms with Crippen molar-refractivity contribution in [2.45, 2.75) is 44.9 Å². The Morgan fingerprint density at radius 3 is 2.23 bits per heavy atom. The highest BCUT2D eigenvalue weighted by Crippen LogP contribution is 2.22. The predicted molar refractivity (Wildman–Crippen MR) is 159 cm³/mol. The maximum absolute atomic E-state index is 13.4. The van der Waals surface area contributed by atoms with Crippen molar-refractivity contribution < 1.29 is 38.5 Å². The van der Waals surface area contributed by atoms with Crippen LogP contribution in [-0.2, 0) is 32.1 Å². The molecule has 44 heavy (non-hydrogen) atoms. The number of hydrogen-bond acceptors (Lipinski definition) is 9. The van der Waals surface area contributed by atoms with Gasteiger partial charge in [0.1, 0.15) is 18.7 Å². The van der Waals surface area contributed by atoms with E-state index in [2.05, 4.69) is 20.9 Å². The number of rotatable bonds is 13. The topological polar surface area (TPSA) is 197 Å². The monoisotopic (exact) mass is 602 g/mol. The van der Waals surface area contributed by atoms with Gasteiger partial charge in [-0.1, -0.05) is 60.7 Å². The molecule has 5 N–H and O–H groups in total. The standard InChI is InChI=1S/C31H30N4O9/c1-18-14-21(16-23-26(18)29(41)44-30(34-23)33-22(28(39)40)12-13-25(36)37)32-27(38)24(15-19-8-4-2-5-9-19)35-31(42)43-17-20-10-6-3-7-11-20/h2-11,14,16,22,24H,12-13,15,17H2,1H3,(H,32,38)(H,33,34)(H,35,42)(H,36,37)(H,39,40)/t22?,24-/m0/s1. The van der Waals surface area contributed by atoms with E-state index in [1.165, 1.54) is 12.1 Å². The van der Waals surface area contributed by atoms with E-state index in [9.17, 15) is 29.1 Å². The average molecular weight is 603 g/mol. The maximum Gasteiger partial charge on any atom is 0.408 e. The highest BCUT2D eigenvalue weighted by Gasteiger charge is 2.24. The lowest BCUT2D eigenvalue weighted by Crippen LogP contribution is -2.45. The first kappa shape index (κ1) is 31.2. The number of amides is 2. The van der Waals surface area contributed by atoms with Crippen LogP contribution in [0.4, 0.5) is 16.5 Å². The smallest absolute Gasteiger partial charge is 0.408 e. The van der Waals surface area contributed by atoms with Crippen molar-refractivity contribution in [3.05, 3.63) is 99.9 Å². The summed E-state index contributed by atoms with van der Waals surface area (Å²) in [4.78, 5) is 65.5. The minimum absolute atomic E-state index is 0.0138. The Hall–Kier alpha value is -5.72. The van der Waals surface area contributed by atoms with Crippen molar-refractivity contribution in [2.24, 2.45) is 0 Å². The van der Waals surface area contributed by atoms with Crippen LogP contribution < -0.4 is 21.6 Å². The molecule has 13 nitrogen and oxygen atoms in total. The number of aliphatic carboxylic acids is 2. The lowest BCUT2D eigenvalue weighted by atomic mass is 10.0. The summed E-state index contributed by atoms with van der Waals surface area (Å²) in [7, 11) is 0. The second kappa shape index (κ2) is 14.4. The molecule has 0 aliphatic carbocycles. The number of aryl methyl sites for hydroxylation is 1. The molecule has 4 aromatic rings. The average Bonchev–Trinajstić information content (AvgIpc) is 2.98. The van der Waals surface area contributed by atoms with Crippen LogP contribution in [0.1, 0.15) is 29.5 Å². The van der Waals surface area contributed by atoms with Gasteiger partial charge in [0.15, 0.2) is 0 Å². The van der Waals surface area contributed by atoms with E-state index in [-0.39, 0.29) is 36.0 Å². The summed E-state index contributed by atoms with van der Waals surface area (Å²) >= 11 is 0. The zero-order valence-corrected chi connectivity index (χ0v) is 23.6. The number of carbonyl (C=O) groups is 4. The first-order valence-electron chi connectivity index (χ1n) is 13.6. The second-order valence-electron chi connectivity index (χ2n) is 9.90. The summed E-state index contributed by atoms with van der Waals surface area (Å²) in [6.45, 7) is 1.62. The van der Waals surface area contributed by atoms with E-state index < -0.39 is 54.1 Å². The van der Waals surface area contributed by atoms with Gasteiger partial charge in [-0.05, 0) is 42.2 Å². The van der Waals surface area contributed by atoms with Gasteiger partial charge in [0.25, 0.3) is 6.01 Å². The Morgan fingerprint density at radius 2 is 1.59 bits per heavy atom. The zero-order chi connectivity index (χ0) is 31.6. The Kier molecular flexibility index (Phi) is 10.3. The number of hydrogen-bond donors (Lipinski definition) is 5. The van der Waals surface area contributed by atoms with Crippen LogP contribution in [0.3, 0.4) is 0 Å². The van der Waals surface area contributed by atoms with Crippen LogP contribution in [0, 0.1) is 6.92 Å². The molecule has 0 radical (unpaired) electrons. The summed E-state index contributed by atoms with van der Waals surface area (Å²) in [5.41, 5.74) is 1.52. The highest BCUT2D eigenvalue weighted by molar-refractivity contribution is 5.98. The molecule has 1 unspecified atom stereocenters. The van der Waals surface area contributed by atoms with E-state index in [0.29, 0.717) is 5.56 Å². The highest BCUT2D eigenvalue weighted by atomic mass is 16.5. The van der Waals surface area contributed by atoms with Gasteiger partial charge >= 0.3 is 23.7 Å². The fourth-order valence-corrected chi connectivity index (χ4v) is 4.40.